The fourth-order valence-corrected chi connectivity index (χ4v) is 3.99. The van der Waals surface area contributed by atoms with Gasteiger partial charge in [0, 0.05) is 28.8 Å². The van der Waals surface area contributed by atoms with Crippen LogP contribution in [0.5, 0.6) is 5.75 Å². The number of carboxylic acids is 1. The molecule has 2 atom stereocenters. The molecule has 3 aromatic rings. The highest BCUT2D eigenvalue weighted by molar-refractivity contribution is 6.30. The summed E-state index contributed by atoms with van der Waals surface area (Å²) in [5.74, 6) is -8.67. The molecule has 0 aliphatic heterocycles. The predicted octanol–water partition coefficient (Wildman–Crippen LogP) is 4.50. The summed E-state index contributed by atoms with van der Waals surface area (Å²) < 4.78 is 44.2. The summed E-state index contributed by atoms with van der Waals surface area (Å²) in [7, 11) is 0. The van der Waals surface area contributed by atoms with Crippen LogP contribution in [0.25, 0.3) is 10.9 Å². The second kappa shape index (κ2) is 9.38. The van der Waals surface area contributed by atoms with E-state index >= 15 is 4.39 Å². The van der Waals surface area contributed by atoms with Crippen LogP contribution in [0.1, 0.15) is 47.8 Å². The maximum atomic E-state index is 15.1. The maximum absolute atomic E-state index is 15.1. The third-order valence-electron chi connectivity index (χ3n) is 5.47. The van der Waals surface area contributed by atoms with Crippen molar-refractivity contribution < 1.29 is 37.8 Å². The number of benzene rings is 2. The number of rotatable bonds is 6. The number of aromatic nitrogens is 1. The van der Waals surface area contributed by atoms with Gasteiger partial charge in [0.05, 0.1) is 22.9 Å². The molecule has 0 bridgehead atoms. The number of nitrogens with one attached hydrogen (secondary N) is 1. The molecule has 34 heavy (non-hydrogen) atoms. The van der Waals surface area contributed by atoms with Crippen molar-refractivity contribution in [1.82, 2.24) is 9.88 Å². The van der Waals surface area contributed by atoms with Gasteiger partial charge in [0.25, 0.3) is 5.91 Å². The van der Waals surface area contributed by atoms with Gasteiger partial charge in [-0.3, -0.25) is 19.0 Å². The lowest BCUT2D eigenvalue weighted by molar-refractivity contribution is -0.137. The van der Waals surface area contributed by atoms with Crippen LogP contribution in [0.3, 0.4) is 0 Å². The number of hydrogen-bond acceptors (Lipinski definition) is 4. The number of carbonyl (C=O) groups is 3. The van der Waals surface area contributed by atoms with Gasteiger partial charge in [-0.15, -0.1) is 0 Å². The highest BCUT2D eigenvalue weighted by atomic mass is 35.5. The number of hydrogen-bond donors (Lipinski definition) is 3. The topological polar surface area (TPSA) is 109 Å². The zero-order chi connectivity index (χ0) is 25.5. The zero-order valence-corrected chi connectivity index (χ0v) is 19.0. The molecular weight excluding hydrogens is 477 g/mol. The molecule has 11 heteroatoms. The summed E-state index contributed by atoms with van der Waals surface area (Å²) in [4.78, 5) is 36.9. The van der Waals surface area contributed by atoms with Crippen LogP contribution in [0.2, 0.25) is 5.02 Å². The Balaban J connectivity index is 2.21. The minimum Gasteiger partial charge on any atom is -0.503 e. The van der Waals surface area contributed by atoms with Gasteiger partial charge in [-0.2, -0.15) is 0 Å². The van der Waals surface area contributed by atoms with E-state index in [1.54, 1.807) is 0 Å². The molecule has 0 aliphatic carbocycles. The average molecular weight is 497 g/mol. The fourth-order valence-electron chi connectivity index (χ4n) is 3.87. The van der Waals surface area contributed by atoms with E-state index in [0.29, 0.717) is 0 Å². The summed E-state index contributed by atoms with van der Waals surface area (Å²) in [5.41, 5.74) is -0.424. The van der Waals surface area contributed by atoms with Crippen molar-refractivity contribution in [2.45, 2.75) is 39.2 Å². The van der Waals surface area contributed by atoms with Crippen molar-refractivity contribution in [2.75, 3.05) is 0 Å². The molecule has 0 saturated heterocycles. The minimum absolute atomic E-state index is 0.0226. The number of nitrogens with zero attached hydrogens (tertiary/aromatic N) is 1. The third-order valence-corrected chi connectivity index (χ3v) is 5.78. The monoisotopic (exact) mass is 496 g/mol. The van der Waals surface area contributed by atoms with E-state index in [4.69, 9.17) is 16.7 Å². The van der Waals surface area contributed by atoms with Crippen LogP contribution in [0, 0.1) is 24.4 Å². The van der Waals surface area contributed by atoms with E-state index in [0.717, 1.165) is 22.8 Å². The summed E-state index contributed by atoms with van der Waals surface area (Å²) >= 11 is 5.67. The molecular formula is C23H20ClF3N2O5. The van der Waals surface area contributed by atoms with E-state index < -0.39 is 52.9 Å². The van der Waals surface area contributed by atoms with Gasteiger partial charge in [0.1, 0.15) is 5.82 Å². The molecule has 7 nitrogen and oxygen atoms in total. The van der Waals surface area contributed by atoms with Crippen molar-refractivity contribution in [1.29, 1.82) is 0 Å². The Morgan fingerprint density at radius 3 is 2.35 bits per heavy atom. The number of carboxylic acid groups (broad SMARTS) is 1. The fraction of sp³-hybridized carbons (Fsp3) is 0.261. The van der Waals surface area contributed by atoms with Crippen molar-refractivity contribution in [2.24, 2.45) is 0 Å². The first-order chi connectivity index (χ1) is 15.8. The molecule has 3 rings (SSSR count). The van der Waals surface area contributed by atoms with Crippen LogP contribution in [0.15, 0.2) is 24.3 Å². The Morgan fingerprint density at radius 2 is 1.76 bits per heavy atom. The van der Waals surface area contributed by atoms with Crippen LogP contribution < -0.4 is 5.32 Å². The quantitative estimate of drug-likeness (QED) is 0.465. The lowest BCUT2D eigenvalue weighted by Gasteiger charge is -2.17. The second-order valence-electron chi connectivity index (χ2n) is 7.91. The Hall–Kier alpha value is -3.53. The molecule has 0 fully saturated rings. The highest BCUT2D eigenvalue weighted by Gasteiger charge is 2.31. The highest BCUT2D eigenvalue weighted by Crippen LogP contribution is 2.38. The van der Waals surface area contributed by atoms with Crippen molar-refractivity contribution in [3.63, 3.8) is 0 Å². The molecule has 0 saturated carbocycles. The molecule has 3 N–H and O–H groups in total. The van der Waals surface area contributed by atoms with Crippen LogP contribution in [-0.2, 0) is 9.59 Å². The van der Waals surface area contributed by atoms with E-state index in [2.05, 4.69) is 5.32 Å². The Bertz CT molecular complexity index is 1340. The summed E-state index contributed by atoms with van der Waals surface area (Å²) in [6.45, 7) is 4.24. The smallest absolute Gasteiger partial charge is 0.305 e. The van der Waals surface area contributed by atoms with E-state index in [-0.39, 0.29) is 39.2 Å². The first-order valence-corrected chi connectivity index (χ1v) is 10.5. The first kappa shape index (κ1) is 25.1. The molecule has 180 valence electrons. The molecule has 1 aromatic heterocycles. The molecule has 0 radical (unpaired) electrons. The Morgan fingerprint density at radius 1 is 1.12 bits per heavy atom. The van der Waals surface area contributed by atoms with Crippen molar-refractivity contribution in [3.05, 3.63) is 63.6 Å². The van der Waals surface area contributed by atoms with Gasteiger partial charge in [0.2, 0.25) is 5.91 Å². The number of carbonyl (C=O) groups excluding carboxylic acids is 2. The number of aliphatic carboxylic acids is 1. The summed E-state index contributed by atoms with van der Waals surface area (Å²) in [6, 6.07) is 3.24. The SMILES string of the molecule is Cc1c(C(C)C(=O)N[C@@H](C)CC(=O)O)c2c(F)c(O)c(F)cc2n1C(=O)c1ccc(Cl)c(F)c1. The Labute approximate surface area is 196 Å². The molecule has 0 spiro atoms. The molecule has 0 aliphatic rings. The van der Waals surface area contributed by atoms with Gasteiger partial charge in [0.15, 0.2) is 17.4 Å². The number of halogens is 4. The minimum atomic E-state index is -1.37. The number of amides is 1. The first-order valence-electron chi connectivity index (χ1n) is 10.1. The van der Waals surface area contributed by atoms with Crippen LogP contribution >= 0.6 is 11.6 Å². The van der Waals surface area contributed by atoms with Gasteiger partial charge in [-0.1, -0.05) is 11.6 Å². The second-order valence-corrected chi connectivity index (χ2v) is 8.32. The lowest BCUT2D eigenvalue weighted by atomic mass is 9.96. The number of phenols is 1. The molecule has 1 unspecified atom stereocenters. The average Bonchev–Trinajstić information content (AvgIpc) is 3.03. The summed E-state index contributed by atoms with van der Waals surface area (Å²) in [5, 5.41) is 20.6. The van der Waals surface area contributed by atoms with E-state index in [9.17, 15) is 28.3 Å². The zero-order valence-electron chi connectivity index (χ0n) is 18.2. The van der Waals surface area contributed by atoms with Crippen molar-refractivity contribution >= 4 is 40.3 Å². The maximum Gasteiger partial charge on any atom is 0.305 e. The van der Waals surface area contributed by atoms with Crippen LogP contribution in [-0.4, -0.2) is 38.6 Å². The molecule has 1 amide bonds. The molecule has 1 heterocycles. The van der Waals surface area contributed by atoms with E-state index in [1.165, 1.54) is 26.8 Å². The number of phenolic OH excluding ortho intramolecular Hbond substituents is 1. The number of aromatic hydroxyl groups is 1. The van der Waals surface area contributed by atoms with Gasteiger partial charge < -0.3 is 15.5 Å². The summed E-state index contributed by atoms with van der Waals surface area (Å²) in [6.07, 6.45) is -0.361. The largest absolute Gasteiger partial charge is 0.503 e. The van der Waals surface area contributed by atoms with Crippen molar-refractivity contribution in [3.8, 4) is 5.75 Å². The lowest BCUT2D eigenvalue weighted by Crippen LogP contribution is -2.37. The Kier molecular flexibility index (Phi) is 6.92. The van der Waals surface area contributed by atoms with Gasteiger partial charge in [-0.25, -0.2) is 13.2 Å². The molecule has 2 aromatic carbocycles. The normalized spacial score (nSPS) is 13.0. The third kappa shape index (κ3) is 4.45. The number of fused-ring (bicyclic) bond motifs is 1. The van der Waals surface area contributed by atoms with Gasteiger partial charge in [-0.05, 0) is 44.5 Å². The van der Waals surface area contributed by atoms with E-state index in [1.807, 2.05) is 0 Å². The van der Waals surface area contributed by atoms with Crippen LogP contribution in [0.4, 0.5) is 13.2 Å². The predicted molar refractivity (Wildman–Crippen MR) is 118 cm³/mol. The standard InChI is InChI=1S/C23H20ClF3N2O5/c1-9(6-17(30)31)28-22(33)10(2)18-11(3)29(16-8-15(26)21(32)20(27)19(16)18)23(34)12-4-5-13(24)14(25)7-12/h4-5,7-10,32H,6H2,1-3H3,(H,28,33)(H,30,31)/t9-,10?/m0/s1. The van der Waals surface area contributed by atoms with Gasteiger partial charge >= 0.3 is 5.97 Å².